The summed E-state index contributed by atoms with van der Waals surface area (Å²) in [5.41, 5.74) is 2.46. The molecule has 0 saturated carbocycles. The Labute approximate surface area is 137 Å². The van der Waals surface area contributed by atoms with Crippen molar-refractivity contribution in [1.29, 1.82) is 0 Å². The van der Waals surface area contributed by atoms with Crippen LogP contribution in [0, 0.1) is 5.82 Å². The topological polar surface area (TPSA) is 45.4 Å². The quantitative estimate of drug-likeness (QED) is 0.876. The third-order valence-corrected chi connectivity index (χ3v) is 4.27. The molecule has 3 nitrogen and oxygen atoms in total. The van der Waals surface area contributed by atoms with E-state index in [9.17, 15) is 9.50 Å². The van der Waals surface area contributed by atoms with Crippen LogP contribution in [0.5, 0.6) is 0 Å². The van der Waals surface area contributed by atoms with Crippen LogP contribution in [-0.2, 0) is 12.0 Å². The SMILES string of the molecule is CC(C)c1cc2cc(C(C)(C)C)n(CC(O)CCO)c2cc1F. The van der Waals surface area contributed by atoms with Crippen molar-refractivity contribution in [2.45, 2.75) is 65.0 Å². The first-order valence-corrected chi connectivity index (χ1v) is 8.27. The monoisotopic (exact) mass is 321 g/mol. The number of halogens is 1. The number of rotatable bonds is 5. The highest BCUT2D eigenvalue weighted by molar-refractivity contribution is 5.83. The van der Waals surface area contributed by atoms with Gasteiger partial charge in [0.2, 0.25) is 0 Å². The molecule has 0 saturated heterocycles. The van der Waals surface area contributed by atoms with E-state index in [2.05, 4.69) is 26.8 Å². The Morgan fingerprint density at radius 3 is 2.35 bits per heavy atom. The summed E-state index contributed by atoms with van der Waals surface area (Å²) in [7, 11) is 0. The number of hydrogen-bond acceptors (Lipinski definition) is 2. The van der Waals surface area contributed by atoms with Crippen LogP contribution in [-0.4, -0.2) is 27.5 Å². The molecule has 0 aliphatic rings. The molecule has 0 spiro atoms. The van der Waals surface area contributed by atoms with Crippen LogP contribution < -0.4 is 0 Å². The Hall–Kier alpha value is -1.39. The number of hydrogen-bond donors (Lipinski definition) is 2. The van der Waals surface area contributed by atoms with Gasteiger partial charge in [0.25, 0.3) is 0 Å². The van der Waals surface area contributed by atoms with Gasteiger partial charge in [-0.25, -0.2) is 4.39 Å². The smallest absolute Gasteiger partial charge is 0.128 e. The molecule has 2 aromatic rings. The molecule has 23 heavy (non-hydrogen) atoms. The maximum atomic E-state index is 14.4. The maximum Gasteiger partial charge on any atom is 0.128 e. The van der Waals surface area contributed by atoms with Crippen molar-refractivity contribution in [2.24, 2.45) is 0 Å². The molecule has 0 amide bonds. The molecule has 1 unspecified atom stereocenters. The number of aliphatic hydroxyl groups excluding tert-OH is 2. The molecule has 128 valence electrons. The van der Waals surface area contributed by atoms with Gasteiger partial charge in [-0.2, -0.15) is 0 Å². The lowest BCUT2D eigenvalue weighted by atomic mass is 9.92. The lowest BCUT2D eigenvalue weighted by Crippen LogP contribution is -2.23. The summed E-state index contributed by atoms with van der Waals surface area (Å²) in [5, 5.41) is 20.1. The van der Waals surface area contributed by atoms with Crippen molar-refractivity contribution < 1.29 is 14.6 Å². The molecule has 4 heteroatoms. The van der Waals surface area contributed by atoms with Crippen LogP contribution in [0.4, 0.5) is 4.39 Å². The molecule has 2 N–H and O–H groups in total. The normalized spacial score (nSPS) is 14.0. The lowest BCUT2D eigenvalue weighted by Gasteiger charge is -2.23. The third kappa shape index (κ3) is 3.75. The molecule has 0 fully saturated rings. The van der Waals surface area contributed by atoms with Gasteiger partial charge >= 0.3 is 0 Å². The minimum Gasteiger partial charge on any atom is -0.396 e. The van der Waals surface area contributed by atoms with Crippen molar-refractivity contribution in [2.75, 3.05) is 6.61 Å². The fourth-order valence-corrected chi connectivity index (χ4v) is 3.01. The molecular weight excluding hydrogens is 293 g/mol. The Morgan fingerprint density at radius 1 is 1.17 bits per heavy atom. The Morgan fingerprint density at radius 2 is 1.83 bits per heavy atom. The van der Waals surface area contributed by atoms with Crippen molar-refractivity contribution in [3.63, 3.8) is 0 Å². The second kappa shape index (κ2) is 6.62. The van der Waals surface area contributed by atoms with Crippen LogP contribution in [0.1, 0.15) is 58.2 Å². The number of fused-ring (bicyclic) bond motifs is 1. The number of aromatic nitrogens is 1. The van der Waals surface area contributed by atoms with Crippen molar-refractivity contribution in [3.8, 4) is 0 Å². The van der Waals surface area contributed by atoms with Gasteiger partial charge < -0.3 is 14.8 Å². The predicted octanol–water partition coefficient (Wildman–Crippen LogP) is 3.94. The van der Waals surface area contributed by atoms with Gasteiger partial charge in [0.05, 0.1) is 11.6 Å². The molecule has 0 bridgehead atoms. The first-order chi connectivity index (χ1) is 10.6. The average molecular weight is 321 g/mol. The fourth-order valence-electron chi connectivity index (χ4n) is 3.01. The van der Waals surface area contributed by atoms with E-state index in [1.165, 1.54) is 0 Å². The molecule has 2 rings (SSSR count). The summed E-state index contributed by atoms with van der Waals surface area (Å²) in [6, 6.07) is 5.58. The van der Waals surface area contributed by atoms with Crippen LogP contribution >= 0.6 is 0 Å². The largest absolute Gasteiger partial charge is 0.396 e. The third-order valence-electron chi connectivity index (χ3n) is 4.27. The number of nitrogens with zero attached hydrogens (tertiary/aromatic N) is 1. The maximum absolute atomic E-state index is 14.4. The standard InChI is InChI=1S/C19H28FNO2/c1-12(2)15-8-13-9-18(19(3,4)5)21(11-14(23)6-7-22)17(13)10-16(15)20/h8-10,12,14,22-23H,6-7,11H2,1-5H3. The summed E-state index contributed by atoms with van der Waals surface area (Å²) >= 11 is 0. The minimum absolute atomic E-state index is 0.0585. The zero-order valence-corrected chi connectivity index (χ0v) is 14.7. The van der Waals surface area contributed by atoms with Gasteiger partial charge in [0.15, 0.2) is 0 Å². The Balaban J connectivity index is 2.63. The van der Waals surface area contributed by atoms with Gasteiger partial charge in [-0.3, -0.25) is 0 Å². The predicted molar refractivity (Wildman–Crippen MR) is 92.4 cm³/mol. The zero-order chi connectivity index (χ0) is 17.4. The highest BCUT2D eigenvalue weighted by Crippen LogP contribution is 2.33. The molecule has 1 atom stereocenters. The Bertz CT molecular complexity index is 683. The number of aliphatic hydroxyl groups is 2. The molecule has 1 heterocycles. The first kappa shape index (κ1) is 18.0. The van der Waals surface area contributed by atoms with Gasteiger partial charge in [0.1, 0.15) is 5.82 Å². The van der Waals surface area contributed by atoms with Crippen LogP contribution in [0.15, 0.2) is 18.2 Å². The van der Waals surface area contributed by atoms with Gasteiger partial charge in [-0.05, 0) is 36.1 Å². The Kier molecular flexibility index (Phi) is 5.17. The number of benzene rings is 1. The van der Waals surface area contributed by atoms with E-state index in [1.54, 1.807) is 6.07 Å². The van der Waals surface area contributed by atoms with E-state index in [-0.39, 0.29) is 23.8 Å². The second-order valence-corrected chi connectivity index (χ2v) is 7.64. The lowest BCUT2D eigenvalue weighted by molar-refractivity contribution is 0.116. The average Bonchev–Trinajstić information content (AvgIpc) is 2.76. The highest BCUT2D eigenvalue weighted by Gasteiger charge is 2.23. The summed E-state index contributed by atoms with van der Waals surface area (Å²) in [4.78, 5) is 0. The van der Waals surface area contributed by atoms with Gasteiger partial charge in [-0.15, -0.1) is 0 Å². The highest BCUT2D eigenvalue weighted by atomic mass is 19.1. The second-order valence-electron chi connectivity index (χ2n) is 7.64. The van der Waals surface area contributed by atoms with Crippen LogP contribution in [0.3, 0.4) is 0 Å². The molecule has 0 radical (unpaired) electrons. The van der Waals surface area contributed by atoms with Gasteiger partial charge in [-0.1, -0.05) is 34.6 Å². The fraction of sp³-hybridized carbons (Fsp3) is 0.579. The van der Waals surface area contributed by atoms with E-state index >= 15 is 0 Å². The molecular formula is C19H28FNO2. The van der Waals surface area contributed by atoms with Gasteiger partial charge in [0, 0.05) is 29.6 Å². The van der Waals surface area contributed by atoms with Crippen molar-refractivity contribution in [1.82, 2.24) is 4.57 Å². The van der Waals surface area contributed by atoms with Crippen LogP contribution in [0.2, 0.25) is 0 Å². The van der Waals surface area contributed by atoms with E-state index in [1.807, 2.05) is 24.5 Å². The summed E-state index contributed by atoms with van der Waals surface area (Å²) < 4.78 is 16.4. The van der Waals surface area contributed by atoms with E-state index in [4.69, 9.17) is 5.11 Å². The molecule has 1 aromatic heterocycles. The molecule has 0 aliphatic carbocycles. The summed E-state index contributed by atoms with van der Waals surface area (Å²) in [6.45, 7) is 10.6. The van der Waals surface area contributed by atoms with Crippen LogP contribution in [0.25, 0.3) is 10.9 Å². The minimum atomic E-state index is -0.649. The van der Waals surface area contributed by atoms with E-state index in [0.29, 0.717) is 18.5 Å². The summed E-state index contributed by atoms with van der Waals surface area (Å²) in [5.74, 6) is -0.0789. The van der Waals surface area contributed by atoms with Crippen molar-refractivity contribution >= 4 is 10.9 Å². The zero-order valence-electron chi connectivity index (χ0n) is 14.7. The molecule has 0 aliphatic heterocycles. The summed E-state index contributed by atoms with van der Waals surface area (Å²) in [6.07, 6.45) is -0.333. The van der Waals surface area contributed by atoms with E-state index in [0.717, 1.165) is 16.6 Å². The first-order valence-electron chi connectivity index (χ1n) is 8.27. The van der Waals surface area contributed by atoms with Crippen molar-refractivity contribution in [3.05, 3.63) is 35.3 Å². The molecule has 1 aromatic carbocycles. The van der Waals surface area contributed by atoms with E-state index < -0.39 is 6.10 Å².